The van der Waals surface area contributed by atoms with Crippen LogP contribution in [0, 0.1) is 0 Å². The molecule has 0 radical (unpaired) electrons. The van der Waals surface area contributed by atoms with Crippen molar-refractivity contribution < 1.29 is 4.79 Å². The Morgan fingerprint density at radius 1 is 1.14 bits per heavy atom. The molecule has 0 aliphatic rings. The standard InChI is InChI=1S/C17H19BrN2O/c1-2-16(13-7-9-15(18)10-8-13)20-17(21)14-5-3-12(11-19)4-6-14/h3-10,16H,2,11,19H2,1H3,(H,20,21). The molecule has 0 saturated heterocycles. The summed E-state index contributed by atoms with van der Waals surface area (Å²) in [5.41, 5.74) is 8.34. The molecule has 0 heterocycles. The molecular weight excluding hydrogens is 328 g/mol. The second kappa shape index (κ2) is 7.38. The molecule has 4 heteroatoms. The highest BCUT2D eigenvalue weighted by Gasteiger charge is 2.13. The fourth-order valence-corrected chi connectivity index (χ4v) is 2.41. The van der Waals surface area contributed by atoms with Gasteiger partial charge < -0.3 is 11.1 Å². The minimum atomic E-state index is -0.0617. The number of halogens is 1. The average Bonchev–Trinajstić information content (AvgIpc) is 2.53. The number of nitrogens with two attached hydrogens (primary N) is 1. The second-order valence-corrected chi connectivity index (χ2v) is 5.80. The van der Waals surface area contributed by atoms with E-state index < -0.39 is 0 Å². The van der Waals surface area contributed by atoms with Gasteiger partial charge in [0.2, 0.25) is 0 Å². The minimum absolute atomic E-state index is 0.0137. The second-order valence-electron chi connectivity index (χ2n) is 4.89. The maximum Gasteiger partial charge on any atom is 0.251 e. The van der Waals surface area contributed by atoms with Crippen molar-refractivity contribution in [3.05, 3.63) is 69.7 Å². The van der Waals surface area contributed by atoms with E-state index in [1.54, 1.807) is 0 Å². The van der Waals surface area contributed by atoms with E-state index in [1.807, 2.05) is 48.5 Å². The summed E-state index contributed by atoms with van der Waals surface area (Å²) in [7, 11) is 0. The number of carbonyl (C=O) groups excluding carboxylic acids is 1. The molecule has 0 aliphatic heterocycles. The Balaban J connectivity index is 2.10. The van der Waals surface area contributed by atoms with E-state index >= 15 is 0 Å². The topological polar surface area (TPSA) is 55.1 Å². The van der Waals surface area contributed by atoms with E-state index in [0.29, 0.717) is 12.1 Å². The Morgan fingerprint density at radius 2 is 1.76 bits per heavy atom. The predicted molar refractivity (Wildman–Crippen MR) is 89.0 cm³/mol. The van der Waals surface area contributed by atoms with Crippen molar-refractivity contribution in [2.45, 2.75) is 25.9 Å². The number of amides is 1. The van der Waals surface area contributed by atoms with Crippen LogP contribution in [0.2, 0.25) is 0 Å². The van der Waals surface area contributed by atoms with Gasteiger partial charge in [0, 0.05) is 16.6 Å². The fraction of sp³-hybridized carbons (Fsp3) is 0.235. The van der Waals surface area contributed by atoms with Crippen LogP contribution in [0.5, 0.6) is 0 Å². The smallest absolute Gasteiger partial charge is 0.251 e. The lowest BCUT2D eigenvalue weighted by Gasteiger charge is -2.17. The molecule has 1 amide bonds. The zero-order chi connectivity index (χ0) is 15.2. The van der Waals surface area contributed by atoms with Gasteiger partial charge in [0.25, 0.3) is 5.91 Å². The van der Waals surface area contributed by atoms with Gasteiger partial charge in [0.15, 0.2) is 0 Å². The average molecular weight is 347 g/mol. The van der Waals surface area contributed by atoms with Gasteiger partial charge in [-0.2, -0.15) is 0 Å². The van der Waals surface area contributed by atoms with Crippen LogP contribution in [0.25, 0.3) is 0 Å². The molecule has 2 aromatic rings. The van der Waals surface area contributed by atoms with Crippen molar-refractivity contribution in [2.75, 3.05) is 0 Å². The molecule has 2 rings (SSSR count). The van der Waals surface area contributed by atoms with Crippen LogP contribution in [0.4, 0.5) is 0 Å². The van der Waals surface area contributed by atoms with Crippen molar-refractivity contribution in [1.29, 1.82) is 0 Å². The summed E-state index contributed by atoms with van der Waals surface area (Å²) in [4.78, 5) is 12.3. The van der Waals surface area contributed by atoms with Gasteiger partial charge in [-0.15, -0.1) is 0 Å². The Kier molecular flexibility index (Phi) is 5.53. The lowest BCUT2D eigenvalue weighted by Crippen LogP contribution is -2.28. The third-order valence-corrected chi connectivity index (χ3v) is 3.97. The predicted octanol–water partition coefficient (Wildman–Crippen LogP) is 3.79. The van der Waals surface area contributed by atoms with Crippen molar-refractivity contribution >= 4 is 21.8 Å². The largest absolute Gasteiger partial charge is 0.345 e. The highest BCUT2D eigenvalue weighted by atomic mass is 79.9. The monoisotopic (exact) mass is 346 g/mol. The molecule has 3 nitrogen and oxygen atoms in total. The molecule has 21 heavy (non-hydrogen) atoms. The van der Waals surface area contributed by atoms with E-state index in [9.17, 15) is 4.79 Å². The summed E-state index contributed by atoms with van der Waals surface area (Å²) in [5, 5.41) is 3.07. The number of hydrogen-bond acceptors (Lipinski definition) is 2. The molecule has 0 spiro atoms. The Morgan fingerprint density at radius 3 is 2.29 bits per heavy atom. The maximum absolute atomic E-state index is 12.3. The molecule has 3 N–H and O–H groups in total. The molecule has 1 unspecified atom stereocenters. The number of hydrogen-bond donors (Lipinski definition) is 2. The third-order valence-electron chi connectivity index (χ3n) is 3.44. The summed E-state index contributed by atoms with van der Waals surface area (Å²) in [6.45, 7) is 2.54. The Hall–Kier alpha value is -1.65. The van der Waals surface area contributed by atoms with Crippen molar-refractivity contribution in [2.24, 2.45) is 5.73 Å². The molecule has 0 aliphatic carbocycles. The first-order chi connectivity index (χ1) is 10.1. The highest BCUT2D eigenvalue weighted by Crippen LogP contribution is 2.20. The number of carbonyl (C=O) groups is 1. The van der Waals surface area contributed by atoms with Crippen LogP contribution in [-0.2, 0) is 6.54 Å². The lowest BCUT2D eigenvalue weighted by molar-refractivity contribution is 0.0935. The number of rotatable bonds is 5. The lowest BCUT2D eigenvalue weighted by atomic mass is 10.0. The van der Waals surface area contributed by atoms with Crippen LogP contribution in [-0.4, -0.2) is 5.91 Å². The van der Waals surface area contributed by atoms with Gasteiger partial charge in [-0.3, -0.25) is 4.79 Å². The van der Waals surface area contributed by atoms with Crippen molar-refractivity contribution in [1.82, 2.24) is 5.32 Å². The fourth-order valence-electron chi connectivity index (χ4n) is 2.15. The molecule has 1 atom stereocenters. The third kappa shape index (κ3) is 4.16. The van der Waals surface area contributed by atoms with Crippen LogP contribution < -0.4 is 11.1 Å². The summed E-state index contributed by atoms with van der Waals surface area (Å²) < 4.78 is 1.03. The summed E-state index contributed by atoms with van der Waals surface area (Å²) in [5.74, 6) is -0.0617. The SMILES string of the molecule is CCC(NC(=O)c1ccc(CN)cc1)c1ccc(Br)cc1. The van der Waals surface area contributed by atoms with Gasteiger partial charge in [-0.25, -0.2) is 0 Å². The van der Waals surface area contributed by atoms with Crippen molar-refractivity contribution in [3.8, 4) is 0 Å². The van der Waals surface area contributed by atoms with Gasteiger partial charge >= 0.3 is 0 Å². The molecule has 0 aromatic heterocycles. The summed E-state index contributed by atoms with van der Waals surface area (Å²) >= 11 is 3.42. The highest BCUT2D eigenvalue weighted by molar-refractivity contribution is 9.10. The van der Waals surface area contributed by atoms with E-state index in [4.69, 9.17) is 5.73 Å². The van der Waals surface area contributed by atoms with Crippen LogP contribution in [0.3, 0.4) is 0 Å². The van der Waals surface area contributed by atoms with Crippen LogP contribution in [0.15, 0.2) is 53.0 Å². The molecule has 2 aromatic carbocycles. The zero-order valence-corrected chi connectivity index (χ0v) is 13.6. The first-order valence-corrected chi connectivity index (χ1v) is 7.78. The van der Waals surface area contributed by atoms with E-state index in [-0.39, 0.29) is 11.9 Å². The van der Waals surface area contributed by atoms with E-state index in [0.717, 1.165) is 22.0 Å². The van der Waals surface area contributed by atoms with Gasteiger partial charge in [0.1, 0.15) is 0 Å². The number of nitrogens with one attached hydrogen (secondary N) is 1. The van der Waals surface area contributed by atoms with E-state index in [2.05, 4.69) is 28.2 Å². The molecule has 0 saturated carbocycles. The van der Waals surface area contributed by atoms with Gasteiger partial charge in [-0.1, -0.05) is 47.1 Å². The molecule has 0 fully saturated rings. The first-order valence-electron chi connectivity index (χ1n) is 6.99. The van der Waals surface area contributed by atoms with Crippen LogP contribution in [0.1, 0.15) is 40.9 Å². The summed E-state index contributed by atoms with van der Waals surface area (Å²) in [6.07, 6.45) is 0.842. The molecule has 110 valence electrons. The van der Waals surface area contributed by atoms with Gasteiger partial charge in [-0.05, 0) is 41.8 Å². The summed E-state index contributed by atoms with van der Waals surface area (Å²) in [6, 6.07) is 15.4. The first kappa shape index (κ1) is 15.7. The van der Waals surface area contributed by atoms with Gasteiger partial charge in [0.05, 0.1) is 6.04 Å². The Bertz CT molecular complexity index is 593. The zero-order valence-electron chi connectivity index (χ0n) is 12.0. The quantitative estimate of drug-likeness (QED) is 0.865. The van der Waals surface area contributed by atoms with Crippen molar-refractivity contribution in [3.63, 3.8) is 0 Å². The minimum Gasteiger partial charge on any atom is -0.345 e. The molecule has 0 bridgehead atoms. The maximum atomic E-state index is 12.3. The van der Waals surface area contributed by atoms with Crippen LogP contribution >= 0.6 is 15.9 Å². The number of benzene rings is 2. The van der Waals surface area contributed by atoms with E-state index in [1.165, 1.54) is 0 Å². The molecular formula is C17H19BrN2O. The Labute approximate surface area is 133 Å². The normalized spacial score (nSPS) is 12.0.